The van der Waals surface area contributed by atoms with Crippen molar-refractivity contribution < 1.29 is 9.13 Å². The number of rotatable bonds is 3. The van der Waals surface area contributed by atoms with Gasteiger partial charge in [0.05, 0.1) is 5.69 Å². The van der Waals surface area contributed by atoms with Crippen LogP contribution in [0.5, 0.6) is 0 Å². The number of nitrogens with one attached hydrogen (secondary N) is 1. The first kappa shape index (κ1) is 12.4. The van der Waals surface area contributed by atoms with E-state index in [9.17, 15) is 9.18 Å². The third kappa shape index (κ3) is 2.31. The number of aryl methyl sites for hydroxylation is 1. The van der Waals surface area contributed by atoms with Crippen molar-refractivity contribution in [3.05, 3.63) is 63.6 Å². The van der Waals surface area contributed by atoms with Gasteiger partial charge in [-0.05, 0) is 12.5 Å². The molecule has 0 fully saturated rings. The van der Waals surface area contributed by atoms with Gasteiger partial charge in [-0.1, -0.05) is 30.3 Å². The summed E-state index contributed by atoms with van der Waals surface area (Å²) in [4.78, 5) is 17.8. The van der Waals surface area contributed by atoms with E-state index in [1.165, 1.54) is 14.0 Å². The summed E-state index contributed by atoms with van der Waals surface area (Å²) in [6.07, 6.45) is -0.516. The standard InChI is InChI=1S/C13H13FN2O2/c1-8-10(14)13(17)16-12(15-8)11(18-2)9-6-4-3-5-7-9/h3-7,11H,1-2H3,(H,15,16,17). The van der Waals surface area contributed by atoms with Crippen LogP contribution in [0, 0.1) is 12.7 Å². The van der Waals surface area contributed by atoms with Gasteiger partial charge in [-0.25, -0.2) is 4.98 Å². The van der Waals surface area contributed by atoms with Gasteiger partial charge in [0.25, 0.3) is 5.56 Å². The molecule has 0 aliphatic heterocycles. The number of hydrogen-bond donors (Lipinski definition) is 1. The Morgan fingerprint density at radius 1 is 1.33 bits per heavy atom. The summed E-state index contributed by atoms with van der Waals surface area (Å²) in [6, 6.07) is 9.30. The van der Waals surface area contributed by atoms with Crippen LogP contribution >= 0.6 is 0 Å². The molecule has 0 amide bonds. The monoisotopic (exact) mass is 248 g/mol. The fourth-order valence-electron chi connectivity index (χ4n) is 1.75. The number of halogens is 1. The second kappa shape index (κ2) is 5.10. The number of ether oxygens (including phenoxy) is 1. The van der Waals surface area contributed by atoms with Crippen LogP contribution in [0.1, 0.15) is 23.2 Å². The fourth-order valence-corrected chi connectivity index (χ4v) is 1.75. The van der Waals surface area contributed by atoms with Crippen molar-refractivity contribution >= 4 is 0 Å². The third-order valence-electron chi connectivity index (χ3n) is 2.63. The maximum Gasteiger partial charge on any atom is 0.287 e. The Labute approximate surface area is 103 Å². The zero-order chi connectivity index (χ0) is 13.1. The first-order valence-corrected chi connectivity index (χ1v) is 5.47. The van der Waals surface area contributed by atoms with Crippen molar-refractivity contribution in [3.63, 3.8) is 0 Å². The molecule has 2 rings (SSSR count). The van der Waals surface area contributed by atoms with E-state index in [2.05, 4.69) is 9.97 Å². The van der Waals surface area contributed by atoms with Gasteiger partial charge in [-0.15, -0.1) is 0 Å². The smallest absolute Gasteiger partial charge is 0.287 e. The van der Waals surface area contributed by atoms with E-state index in [-0.39, 0.29) is 5.69 Å². The van der Waals surface area contributed by atoms with E-state index in [0.29, 0.717) is 5.82 Å². The van der Waals surface area contributed by atoms with Crippen molar-refractivity contribution in [1.29, 1.82) is 0 Å². The fraction of sp³-hybridized carbons (Fsp3) is 0.231. The number of nitrogens with zero attached hydrogens (tertiary/aromatic N) is 1. The Bertz CT molecular complexity index is 596. The van der Waals surface area contributed by atoms with Crippen LogP contribution in [0.15, 0.2) is 35.1 Å². The lowest BCUT2D eigenvalue weighted by atomic mass is 10.1. The molecule has 0 bridgehead atoms. The van der Waals surface area contributed by atoms with Gasteiger partial charge in [0.2, 0.25) is 5.82 Å². The highest BCUT2D eigenvalue weighted by Crippen LogP contribution is 2.21. The quantitative estimate of drug-likeness (QED) is 0.903. The van der Waals surface area contributed by atoms with Gasteiger partial charge in [-0.3, -0.25) is 4.79 Å². The van der Waals surface area contributed by atoms with E-state index in [1.807, 2.05) is 30.3 Å². The lowest BCUT2D eigenvalue weighted by Gasteiger charge is -2.15. The van der Waals surface area contributed by atoms with E-state index >= 15 is 0 Å². The molecule has 2 aromatic rings. The molecule has 1 N–H and O–H groups in total. The molecule has 0 spiro atoms. The summed E-state index contributed by atoms with van der Waals surface area (Å²) in [7, 11) is 1.51. The molecule has 1 aromatic carbocycles. The highest BCUT2D eigenvalue weighted by Gasteiger charge is 2.18. The number of aromatic nitrogens is 2. The Morgan fingerprint density at radius 2 is 2.00 bits per heavy atom. The Kier molecular flexibility index (Phi) is 3.53. The summed E-state index contributed by atoms with van der Waals surface area (Å²) in [6.45, 7) is 1.45. The summed E-state index contributed by atoms with van der Waals surface area (Å²) < 4.78 is 18.6. The molecule has 0 radical (unpaired) electrons. The normalized spacial score (nSPS) is 12.4. The molecule has 0 saturated heterocycles. The van der Waals surface area contributed by atoms with Crippen molar-refractivity contribution in [2.75, 3.05) is 7.11 Å². The first-order chi connectivity index (χ1) is 8.63. The molecule has 5 heteroatoms. The highest BCUT2D eigenvalue weighted by molar-refractivity contribution is 5.23. The number of H-pyrrole nitrogens is 1. The second-order valence-electron chi connectivity index (χ2n) is 3.88. The summed E-state index contributed by atoms with van der Waals surface area (Å²) in [5, 5.41) is 0. The molecule has 1 heterocycles. The SMILES string of the molecule is COC(c1ccccc1)c1nc(C)c(F)c(=O)[nH]1. The molecule has 4 nitrogen and oxygen atoms in total. The molecular formula is C13H13FN2O2. The Hall–Kier alpha value is -2.01. The van der Waals surface area contributed by atoms with Gasteiger partial charge in [0, 0.05) is 7.11 Å². The van der Waals surface area contributed by atoms with Crippen LogP contribution in [-0.4, -0.2) is 17.1 Å². The predicted octanol–water partition coefficient (Wildman–Crippen LogP) is 1.95. The van der Waals surface area contributed by atoms with Crippen LogP contribution in [-0.2, 0) is 4.74 Å². The summed E-state index contributed by atoms with van der Waals surface area (Å²) in [5.74, 6) is -0.561. The average molecular weight is 248 g/mol. The maximum atomic E-state index is 13.2. The zero-order valence-electron chi connectivity index (χ0n) is 10.1. The molecule has 1 unspecified atom stereocenters. The Balaban J connectivity index is 2.49. The summed E-state index contributed by atoms with van der Waals surface area (Å²) in [5.41, 5.74) is 0.122. The number of hydrogen-bond acceptors (Lipinski definition) is 3. The lowest BCUT2D eigenvalue weighted by Crippen LogP contribution is -2.20. The minimum atomic E-state index is -0.860. The maximum absolute atomic E-state index is 13.2. The molecule has 18 heavy (non-hydrogen) atoms. The molecule has 0 saturated carbocycles. The topological polar surface area (TPSA) is 55.0 Å². The zero-order valence-corrected chi connectivity index (χ0v) is 10.1. The van der Waals surface area contributed by atoms with Crippen molar-refractivity contribution in [3.8, 4) is 0 Å². The van der Waals surface area contributed by atoms with Crippen molar-refractivity contribution in [1.82, 2.24) is 9.97 Å². The van der Waals surface area contributed by atoms with Crippen LogP contribution in [0.4, 0.5) is 4.39 Å². The minimum Gasteiger partial charge on any atom is -0.369 e. The van der Waals surface area contributed by atoms with Gasteiger partial charge >= 0.3 is 0 Å². The van der Waals surface area contributed by atoms with Gasteiger partial charge in [0.15, 0.2) is 0 Å². The average Bonchev–Trinajstić information content (AvgIpc) is 2.38. The van der Waals surface area contributed by atoms with Crippen LogP contribution in [0.2, 0.25) is 0 Å². The molecule has 0 aliphatic carbocycles. The van der Waals surface area contributed by atoms with Crippen molar-refractivity contribution in [2.45, 2.75) is 13.0 Å². The van der Waals surface area contributed by atoms with Gasteiger partial charge < -0.3 is 9.72 Å². The van der Waals surface area contributed by atoms with E-state index in [1.54, 1.807) is 0 Å². The van der Waals surface area contributed by atoms with Crippen LogP contribution in [0.3, 0.4) is 0 Å². The van der Waals surface area contributed by atoms with E-state index in [0.717, 1.165) is 5.56 Å². The van der Waals surface area contributed by atoms with Crippen LogP contribution in [0.25, 0.3) is 0 Å². The predicted molar refractivity (Wildman–Crippen MR) is 64.8 cm³/mol. The van der Waals surface area contributed by atoms with E-state index < -0.39 is 17.5 Å². The number of methoxy groups -OCH3 is 1. The molecule has 94 valence electrons. The second-order valence-corrected chi connectivity index (χ2v) is 3.88. The third-order valence-corrected chi connectivity index (χ3v) is 2.63. The Morgan fingerprint density at radius 3 is 2.56 bits per heavy atom. The summed E-state index contributed by atoms with van der Waals surface area (Å²) >= 11 is 0. The van der Waals surface area contributed by atoms with E-state index in [4.69, 9.17) is 4.74 Å². The minimum absolute atomic E-state index is 0.0618. The first-order valence-electron chi connectivity index (χ1n) is 5.47. The van der Waals surface area contributed by atoms with Crippen molar-refractivity contribution in [2.24, 2.45) is 0 Å². The highest BCUT2D eigenvalue weighted by atomic mass is 19.1. The number of benzene rings is 1. The lowest BCUT2D eigenvalue weighted by molar-refractivity contribution is 0.128. The van der Waals surface area contributed by atoms with Gasteiger partial charge in [0.1, 0.15) is 11.9 Å². The molecule has 1 atom stereocenters. The molecular weight excluding hydrogens is 235 g/mol. The molecule has 0 aliphatic rings. The van der Waals surface area contributed by atoms with Crippen LogP contribution < -0.4 is 5.56 Å². The number of aromatic amines is 1. The largest absolute Gasteiger partial charge is 0.369 e. The molecule has 1 aromatic heterocycles. The van der Waals surface area contributed by atoms with Gasteiger partial charge in [-0.2, -0.15) is 4.39 Å².